The number of aryl methyl sites for hydroxylation is 1. The Bertz CT molecular complexity index is 526. The number of hydrogen-bond acceptors (Lipinski definition) is 4. The van der Waals surface area contributed by atoms with Crippen molar-refractivity contribution in [3.63, 3.8) is 0 Å². The van der Waals surface area contributed by atoms with Crippen LogP contribution in [0.25, 0.3) is 0 Å². The molecular formula is C14H19N3S. The van der Waals surface area contributed by atoms with Gasteiger partial charge in [-0.25, -0.2) is 4.98 Å². The quantitative estimate of drug-likeness (QED) is 0.914. The van der Waals surface area contributed by atoms with Crippen molar-refractivity contribution in [2.45, 2.75) is 39.7 Å². The second-order valence-electron chi connectivity index (χ2n) is 5.44. The molecule has 1 N–H and O–H groups in total. The Morgan fingerprint density at radius 2 is 2.11 bits per heavy atom. The highest BCUT2D eigenvalue weighted by Crippen LogP contribution is 2.25. The largest absolute Gasteiger partial charge is 0.378 e. The van der Waals surface area contributed by atoms with Gasteiger partial charge >= 0.3 is 0 Å². The molecule has 0 aliphatic heterocycles. The SMILES string of the molecule is Cc1ccncc1NCc1csc(C(C)(C)C)n1. The first-order valence-corrected chi connectivity index (χ1v) is 6.94. The summed E-state index contributed by atoms with van der Waals surface area (Å²) in [5, 5.41) is 6.68. The van der Waals surface area contributed by atoms with E-state index in [0.29, 0.717) is 0 Å². The van der Waals surface area contributed by atoms with E-state index in [2.05, 4.69) is 48.4 Å². The molecule has 0 amide bonds. The zero-order valence-electron chi connectivity index (χ0n) is 11.3. The maximum atomic E-state index is 4.66. The summed E-state index contributed by atoms with van der Waals surface area (Å²) in [6, 6.07) is 2.00. The minimum Gasteiger partial charge on any atom is -0.378 e. The van der Waals surface area contributed by atoms with Gasteiger partial charge in [0.25, 0.3) is 0 Å². The molecule has 3 nitrogen and oxygen atoms in total. The number of hydrogen-bond donors (Lipinski definition) is 1. The van der Waals surface area contributed by atoms with Gasteiger partial charge in [-0.05, 0) is 18.6 Å². The molecule has 0 aliphatic carbocycles. The van der Waals surface area contributed by atoms with E-state index in [1.165, 1.54) is 10.6 Å². The van der Waals surface area contributed by atoms with Crippen LogP contribution in [0, 0.1) is 6.92 Å². The van der Waals surface area contributed by atoms with E-state index in [0.717, 1.165) is 17.9 Å². The van der Waals surface area contributed by atoms with E-state index in [-0.39, 0.29) is 5.41 Å². The molecule has 96 valence electrons. The first-order valence-electron chi connectivity index (χ1n) is 6.06. The number of pyridine rings is 1. The number of aromatic nitrogens is 2. The highest BCUT2D eigenvalue weighted by molar-refractivity contribution is 7.09. The molecule has 0 aliphatic rings. The second kappa shape index (κ2) is 5.06. The molecule has 18 heavy (non-hydrogen) atoms. The van der Waals surface area contributed by atoms with Gasteiger partial charge in [0.05, 0.1) is 29.1 Å². The number of nitrogens with zero attached hydrogens (tertiary/aromatic N) is 2. The summed E-state index contributed by atoms with van der Waals surface area (Å²) >= 11 is 1.73. The Morgan fingerprint density at radius 1 is 1.33 bits per heavy atom. The minimum absolute atomic E-state index is 0.132. The molecule has 2 rings (SSSR count). The summed E-state index contributed by atoms with van der Waals surface area (Å²) in [6.45, 7) is 9.39. The number of thiazole rings is 1. The zero-order valence-corrected chi connectivity index (χ0v) is 12.1. The van der Waals surface area contributed by atoms with Crippen LogP contribution in [0.15, 0.2) is 23.8 Å². The average molecular weight is 261 g/mol. The van der Waals surface area contributed by atoms with Crippen molar-refractivity contribution in [3.05, 3.63) is 40.1 Å². The molecule has 0 aromatic carbocycles. The van der Waals surface area contributed by atoms with E-state index in [4.69, 9.17) is 0 Å². The van der Waals surface area contributed by atoms with Crippen LogP contribution < -0.4 is 5.32 Å². The molecule has 0 saturated carbocycles. The van der Waals surface area contributed by atoms with E-state index < -0.39 is 0 Å². The first kappa shape index (κ1) is 13.0. The summed E-state index contributed by atoms with van der Waals surface area (Å²) in [7, 11) is 0. The van der Waals surface area contributed by atoms with Crippen LogP contribution in [-0.2, 0) is 12.0 Å². The van der Waals surface area contributed by atoms with Crippen LogP contribution in [-0.4, -0.2) is 9.97 Å². The summed E-state index contributed by atoms with van der Waals surface area (Å²) < 4.78 is 0. The summed E-state index contributed by atoms with van der Waals surface area (Å²) in [4.78, 5) is 8.78. The lowest BCUT2D eigenvalue weighted by atomic mass is 9.98. The van der Waals surface area contributed by atoms with Crippen molar-refractivity contribution >= 4 is 17.0 Å². The lowest BCUT2D eigenvalue weighted by molar-refractivity contribution is 0.583. The first-order chi connectivity index (χ1) is 8.47. The van der Waals surface area contributed by atoms with Gasteiger partial charge < -0.3 is 5.32 Å². The monoisotopic (exact) mass is 261 g/mol. The number of nitrogens with one attached hydrogen (secondary N) is 1. The molecule has 0 atom stereocenters. The summed E-state index contributed by atoms with van der Waals surface area (Å²) in [5.74, 6) is 0. The van der Waals surface area contributed by atoms with Crippen molar-refractivity contribution in [1.82, 2.24) is 9.97 Å². The van der Waals surface area contributed by atoms with Crippen molar-refractivity contribution < 1.29 is 0 Å². The standard InChI is InChI=1S/C14H19N3S/c1-10-5-6-15-8-12(10)16-7-11-9-18-13(17-11)14(2,3)4/h5-6,8-9,16H,7H2,1-4H3. The number of anilines is 1. The van der Waals surface area contributed by atoms with E-state index in [1.807, 2.05) is 12.3 Å². The van der Waals surface area contributed by atoms with Crippen LogP contribution in [0.4, 0.5) is 5.69 Å². The van der Waals surface area contributed by atoms with Gasteiger partial charge in [-0.3, -0.25) is 4.98 Å². The van der Waals surface area contributed by atoms with Crippen LogP contribution >= 0.6 is 11.3 Å². The van der Waals surface area contributed by atoms with Gasteiger partial charge in [0, 0.05) is 17.0 Å². The van der Waals surface area contributed by atoms with Crippen LogP contribution in [0.3, 0.4) is 0 Å². The highest BCUT2D eigenvalue weighted by atomic mass is 32.1. The summed E-state index contributed by atoms with van der Waals surface area (Å²) in [6.07, 6.45) is 3.66. The van der Waals surface area contributed by atoms with Gasteiger partial charge in [-0.2, -0.15) is 0 Å². The number of rotatable bonds is 3. The molecule has 4 heteroatoms. The maximum absolute atomic E-state index is 4.66. The third-order valence-electron chi connectivity index (χ3n) is 2.69. The van der Waals surface area contributed by atoms with Gasteiger partial charge in [-0.1, -0.05) is 20.8 Å². The predicted octanol–water partition coefficient (Wildman–Crippen LogP) is 3.76. The van der Waals surface area contributed by atoms with Gasteiger partial charge in [0.15, 0.2) is 0 Å². The maximum Gasteiger partial charge on any atom is 0.0982 e. The molecule has 0 bridgehead atoms. The fourth-order valence-electron chi connectivity index (χ4n) is 1.57. The predicted molar refractivity (Wildman–Crippen MR) is 77.1 cm³/mol. The van der Waals surface area contributed by atoms with Crippen molar-refractivity contribution in [2.75, 3.05) is 5.32 Å². The molecular weight excluding hydrogens is 242 g/mol. The van der Waals surface area contributed by atoms with Crippen LogP contribution in [0.5, 0.6) is 0 Å². The topological polar surface area (TPSA) is 37.8 Å². The smallest absolute Gasteiger partial charge is 0.0982 e. The molecule has 0 saturated heterocycles. The fraction of sp³-hybridized carbons (Fsp3) is 0.429. The average Bonchev–Trinajstić information content (AvgIpc) is 2.76. The third-order valence-corrected chi connectivity index (χ3v) is 4.01. The zero-order chi connectivity index (χ0) is 13.2. The lowest BCUT2D eigenvalue weighted by Crippen LogP contribution is -2.11. The Kier molecular flexibility index (Phi) is 3.66. The molecule has 0 unspecified atom stereocenters. The van der Waals surface area contributed by atoms with Crippen LogP contribution in [0.1, 0.15) is 37.0 Å². The van der Waals surface area contributed by atoms with Crippen molar-refractivity contribution in [2.24, 2.45) is 0 Å². The molecule has 2 heterocycles. The lowest BCUT2D eigenvalue weighted by Gasteiger charge is -2.13. The normalized spacial score (nSPS) is 11.6. The molecule has 2 aromatic heterocycles. The molecule has 0 fully saturated rings. The molecule has 0 spiro atoms. The molecule has 2 aromatic rings. The second-order valence-corrected chi connectivity index (χ2v) is 6.30. The fourth-order valence-corrected chi connectivity index (χ4v) is 2.47. The van der Waals surface area contributed by atoms with Gasteiger partial charge in [-0.15, -0.1) is 11.3 Å². The highest BCUT2D eigenvalue weighted by Gasteiger charge is 2.17. The van der Waals surface area contributed by atoms with E-state index in [9.17, 15) is 0 Å². The van der Waals surface area contributed by atoms with E-state index in [1.54, 1.807) is 17.5 Å². The third kappa shape index (κ3) is 3.07. The Morgan fingerprint density at radius 3 is 2.72 bits per heavy atom. The summed E-state index contributed by atoms with van der Waals surface area (Å²) in [5.41, 5.74) is 3.50. The minimum atomic E-state index is 0.132. The van der Waals surface area contributed by atoms with Crippen LogP contribution in [0.2, 0.25) is 0 Å². The Labute approximate surface area is 112 Å². The van der Waals surface area contributed by atoms with Gasteiger partial charge in [0.2, 0.25) is 0 Å². The Hall–Kier alpha value is -1.42. The van der Waals surface area contributed by atoms with Gasteiger partial charge in [0.1, 0.15) is 0 Å². The Balaban J connectivity index is 2.03. The van der Waals surface area contributed by atoms with Crippen molar-refractivity contribution in [3.8, 4) is 0 Å². The van der Waals surface area contributed by atoms with E-state index >= 15 is 0 Å². The van der Waals surface area contributed by atoms with Crippen molar-refractivity contribution in [1.29, 1.82) is 0 Å². The molecule has 0 radical (unpaired) electrons.